The van der Waals surface area contributed by atoms with Crippen molar-refractivity contribution in [1.29, 1.82) is 0 Å². The lowest BCUT2D eigenvalue weighted by atomic mass is 10.1. The van der Waals surface area contributed by atoms with E-state index in [0.29, 0.717) is 5.56 Å². The van der Waals surface area contributed by atoms with Crippen LogP contribution in [0.25, 0.3) is 11.4 Å². The van der Waals surface area contributed by atoms with Crippen LogP contribution in [-0.2, 0) is 13.2 Å². The summed E-state index contributed by atoms with van der Waals surface area (Å²) in [6, 6.07) is 6.21. The van der Waals surface area contributed by atoms with Gasteiger partial charge >= 0.3 is 11.9 Å². The highest BCUT2D eigenvalue weighted by molar-refractivity contribution is 6.28. The molecule has 152 valence electrons. The normalized spacial score (nSPS) is 12.6. The molecule has 1 atom stereocenters. The molecule has 0 aliphatic rings. The second-order valence-corrected chi connectivity index (χ2v) is 6.51. The summed E-state index contributed by atoms with van der Waals surface area (Å²) >= 11 is 5.71. The first kappa shape index (κ1) is 20.5. The van der Waals surface area contributed by atoms with Crippen molar-refractivity contribution >= 4 is 23.1 Å². The third-order valence-corrected chi connectivity index (χ3v) is 4.31. The highest BCUT2D eigenvalue weighted by atomic mass is 35.5. The largest absolute Gasteiger partial charge is 0.434 e. The van der Waals surface area contributed by atoms with Crippen LogP contribution in [0.1, 0.15) is 24.2 Å². The fourth-order valence-electron chi connectivity index (χ4n) is 2.67. The number of aromatic nitrogens is 4. The molecule has 2 heterocycles. The molecule has 12 heteroatoms. The molecule has 0 radical (unpaired) electrons. The SMILES string of the molecule is C[C@@H](Nc1nc(Cl)ncc1[N+](=O)[O-])c1ccc(-c2nc(C(F)(F)F)cn2C)cc1. The predicted molar refractivity (Wildman–Crippen MR) is 99.4 cm³/mol. The van der Waals surface area contributed by atoms with E-state index in [0.717, 1.165) is 18.0 Å². The molecule has 29 heavy (non-hydrogen) atoms. The lowest BCUT2D eigenvalue weighted by molar-refractivity contribution is -0.384. The highest BCUT2D eigenvalue weighted by Gasteiger charge is 2.34. The molecule has 1 aromatic carbocycles. The number of aryl methyl sites for hydroxylation is 1. The maximum absolute atomic E-state index is 12.8. The quantitative estimate of drug-likeness (QED) is 0.363. The van der Waals surface area contributed by atoms with Crippen molar-refractivity contribution in [3.63, 3.8) is 0 Å². The number of rotatable bonds is 5. The Labute approximate surface area is 167 Å². The molecule has 2 aromatic heterocycles. The van der Waals surface area contributed by atoms with Crippen LogP contribution >= 0.6 is 11.6 Å². The van der Waals surface area contributed by atoms with E-state index in [1.165, 1.54) is 11.6 Å². The minimum atomic E-state index is -4.53. The standard InChI is InChI=1S/C17H14ClF3N6O2/c1-9(23-14-12(27(28)29)7-22-16(18)25-14)10-3-5-11(6-4-10)15-24-13(8-26(15)2)17(19,20)21/h3-9H,1-2H3,(H,22,23,25)/t9-/m1/s1. The van der Waals surface area contributed by atoms with Crippen molar-refractivity contribution in [2.45, 2.75) is 19.1 Å². The van der Waals surface area contributed by atoms with Crippen LogP contribution < -0.4 is 5.32 Å². The summed E-state index contributed by atoms with van der Waals surface area (Å²) in [6.07, 6.45) is -2.60. The van der Waals surface area contributed by atoms with Crippen LogP contribution in [-0.4, -0.2) is 24.4 Å². The topological polar surface area (TPSA) is 98.8 Å². The molecule has 0 unspecified atom stereocenters. The van der Waals surface area contributed by atoms with Gasteiger partial charge in [0, 0.05) is 18.8 Å². The van der Waals surface area contributed by atoms with Crippen LogP contribution in [0.4, 0.5) is 24.7 Å². The minimum Gasteiger partial charge on any atom is -0.358 e. The number of imidazole rings is 1. The molecule has 8 nitrogen and oxygen atoms in total. The monoisotopic (exact) mass is 426 g/mol. The lowest BCUT2D eigenvalue weighted by Crippen LogP contribution is -2.10. The number of nitro groups is 1. The number of halogens is 4. The van der Waals surface area contributed by atoms with Crippen LogP contribution in [0.5, 0.6) is 0 Å². The van der Waals surface area contributed by atoms with E-state index < -0.39 is 22.8 Å². The third kappa shape index (κ3) is 4.45. The number of nitrogens with one attached hydrogen (secondary N) is 1. The third-order valence-electron chi connectivity index (χ3n) is 4.13. The Bertz CT molecular complexity index is 1050. The zero-order chi connectivity index (χ0) is 21.3. The van der Waals surface area contributed by atoms with Gasteiger partial charge in [0.25, 0.3) is 0 Å². The van der Waals surface area contributed by atoms with Crippen LogP contribution in [0, 0.1) is 10.1 Å². The van der Waals surface area contributed by atoms with E-state index in [4.69, 9.17) is 11.6 Å². The van der Waals surface area contributed by atoms with E-state index in [1.807, 2.05) is 0 Å². The van der Waals surface area contributed by atoms with Gasteiger partial charge in [-0.15, -0.1) is 0 Å². The Balaban J connectivity index is 1.83. The van der Waals surface area contributed by atoms with Gasteiger partial charge in [-0.05, 0) is 24.1 Å². The molecule has 3 rings (SSSR count). The second kappa shape index (κ2) is 7.66. The van der Waals surface area contributed by atoms with Crippen molar-refractivity contribution in [3.05, 3.63) is 63.3 Å². The molecule has 0 amide bonds. The molecule has 0 saturated carbocycles. The number of hydrogen-bond acceptors (Lipinski definition) is 6. The number of hydrogen-bond donors (Lipinski definition) is 1. The Kier molecular flexibility index (Phi) is 5.42. The first-order valence-electron chi connectivity index (χ1n) is 8.20. The fraction of sp³-hybridized carbons (Fsp3) is 0.235. The summed E-state index contributed by atoms with van der Waals surface area (Å²) in [4.78, 5) is 21.6. The van der Waals surface area contributed by atoms with E-state index in [2.05, 4.69) is 20.3 Å². The molecule has 0 fully saturated rings. The molecular weight excluding hydrogens is 413 g/mol. The van der Waals surface area contributed by atoms with Gasteiger partial charge in [0.2, 0.25) is 11.1 Å². The van der Waals surface area contributed by atoms with E-state index in [1.54, 1.807) is 31.2 Å². The van der Waals surface area contributed by atoms with Crippen molar-refractivity contribution in [2.75, 3.05) is 5.32 Å². The summed E-state index contributed by atoms with van der Waals surface area (Å²) in [5.41, 5.74) is -0.0781. The molecule has 0 bridgehead atoms. The van der Waals surface area contributed by atoms with Crippen molar-refractivity contribution < 1.29 is 18.1 Å². The minimum absolute atomic E-state index is 0.0366. The number of nitrogens with zero attached hydrogens (tertiary/aromatic N) is 5. The maximum atomic E-state index is 12.8. The number of anilines is 1. The Morgan fingerprint density at radius 2 is 1.90 bits per heavy atom. The summed E-state index contributed by atoms with van der Waals surface area (Å²) in [6.45, 7) is 1.75. The summed E-state index contributed by atoms with van der Waals surface area (Å²) in [5.74, 6) is 0.133. The zero-order valence-corrected chi connectivity index (χ0v) is 15.9. The van der Waals surface area contributed by atoms with E-state index in [-0.39, 0.29) is 22.6 Å². The molecular formula is C17H14ClF3N6O2. The van der Waals surface area contributed by atoms with Gasteiger partial charge in [-0.1, -0.05) is 24.3 Å². The zero-order valence-electron chi connectivity index (χ0n) is 15.1. The van der Waals surface area contributed by atoms with Gasteiger partial charge < -0.3 is 9.88 Å². The van der Waals surface area contributed by atoms with Gasteiger partial charge in [-0.2, -0.15) is 18.2 Å². The molecule has 1 N–H and O–H groups in total. The van der Waals surface area contributed by atoms with Gasteiger partial charge in [-0.3, -0.25) is 10.1 Å². The van der Waals surface area contributed by atoms with Gasteiger partial charge in [-0.25, -0.2) is 9.97 Å². The molecule has 0 saturated heterocycles. The summed E-state index contributed by atoms with van der Waals surface area (Å²) in [5, 5.41) is 13.9. The van der Waals surface area contributed by atoms with E-state index in [9.17, 15) is 23.3 Å². The van der Waals surface area contributed by atoms with Crippen molar-refractivity contribution in [2.24, 2.45) is 7.05 Å². The van der Waals surface area contributed by atoms with E-state index >= 15 is 0 Å². The number of benzene rings is 1. The van der Waals surface area contributed by atoms with Gasteiger partial charge in [0.05, 0.1) is 11.0 Å². The molecule has 0 aliphatic carbocycles. The van der Waals surface area contributed by atoms with Gasteiger partial charge in [0.1, 0.15) is 12.0 Å². The lowest BCUT2D eigenvalue weighted by Gasteiger charge is -2.15. The van der Waals surface area contributed by atoms with Crippen LogP contribution in [0.15, 0.2) is 36.7 Å². The second-order valence-electron chi connectivity index (χ2n) is 6.18. The Morgan fingerprint density at radius 1 is 1.24 bits per heavy atom. The first-order valence-corrected chi connectivity index (χ1v) is 8.58. The predicted octanol–water partition coefficient (Wildman–Crippen LogP) is 4.63. The highest BCUT2D eigenvalue weighted by Crippen LogP contribution is 2.31. The van der Waals surface area contributed by atoms with Crippen molar-refractivity contribution in [1.82, 2.24) is 19.5 Å². The average Bonchev–Trinajstić information content (AvgIpc) is 3.04. The van der Waals surface area contributed by atoms with Crippen LogP contribution in [0.2, 0.25) is 5.28 Å². The molecule has 0 aliphatic heterocycles. The number of alkyl halides is 3. The fourth-order valence-corrected chi connectivity index (χ4v) is 2.81. The van der Waals surface area contributed by atoms with Crippen molar-refractivity contribution in [3.8, 4) is 11.4 Å². The Hall–Kier alpha value is -3.21. The molecule has 3 aromatic rings. The Morgan fingerprint density at radius 3 is 2.45 bits per heavy atom. The first-order chi connectivity index (χ1) is 13.6. The van der Waals surface area contributed by atoms with Gasteiger partial charge in [0.15, 0.2) is 5.69 Å². The van der Waals surface area contributed by atoms with Crippen LogP contribution in [0.3, 0.4) is 0 Å². The summed E-state index contributed by atoms with van der Waals surface area (Å²) < 4.78 is 39.8. The average molecular weight is 427 g/mol. The molecule has 0 spiro atoms. The maximum Gasteiger partial charge on any atom is 0.434 e. The summed E-state index contributed by atoms with van der Waals surface area (Å²) in [7, 11) is 1.48. The smallest absolute Gasteiger partial charge is 0.358 e.